The van der Waals surface area contributed by atoms with Crippen molar-refractivity contribution in [3.63, 3.8) is 0 Å². The van der Waals surface area contributed by atoms with Crippen molar-refractivity contribution in [3.8, 4) is 0 Å². The number of benzene rings is 2. The highest BCUT2D eigenvalue weighted by Gasteiger charge is 2.50. The van der Waals surface area contributed by atoms with Crippen LogP contribution in [0.5, 0.6) is 0 Å². The van der Waals surface area contributed by atoms with Crippen LogP contribution in [0.15, 0.2) is 99.3 Å². The maximum absolute atomic E-state index is 13.5. The van der Waals surface area contributed by atoms with Crippen LogP contribution >= 0.6 is 0 Å². The minimum absolute atomic E-state index is 0.408. The first kappa shape index (κ1) is 23.5. The number of imide groups is 1. The van der Waals surface area contributed by atoms with E-state index in [1.807, 2.05) is 48.5 Å². The molecule has 38 heavy (non-hydrogen) atoms. The van der Waals surface area contributed by atoms with Crippen LogP contribution in [0.25, 0.3) is 16.8 Å². The van der Waals surface area contributed by atoms with Gasteiger partial charge in [-0.3, -0.25) is 14.5 Å². The van der Waals surface area contributed by atoms with Crippen molar-refractivity contribution in [2.45, 2.75) is 24.9 Å². The monoisotopic (exact) mass is 508 g/mol. The van der Waals surface area contributed by atoms with Crippen molar-refractivity contribution in [3.05, 3.63) is 102 Å². The molecule has 9 heteroatoms. The van der Waals surface area contributed by atoms with Crippen molar-refractivity contribution in [1.29, 1.82) is 0 Å². The van der Waals surface area contributed by atoms with Crippen LogP contribution < -0.4 is 5.32 Å². The van der Waals surface area contributed by atoms with Gasteiger partial charge in [0.15, 0.2) is 0 Å². The van der Waals surface area contributed by atoms with Gasteiger partial charge in [0.05, 0.1) is 18.2 Å². The highest BCUT2D eigenvalue weighted by atomic mass is 16.3. The molecule has 2 unspecified atom stereocenters. The molecule has 2 aromatic heterocycles. The van der Waals surface area contributed by atoms with Gasteiger partial charge in [-0.2, -0.15) is 5.10 Å². The van der Waals surface area contributed by atoms with Crippen LogP contribution in [-0.2, 0) is 15.1 Å². The van der Waals surface area contributed by atoms with Gasteiger partial charge in [0.1, 0.15) is 29.6 Å². The average molecular weight is 509 g/mol. The number of nitrogens with zero attached hydrogens (tertiary/aromatic N) is 3. The minimum Gasteiger partial charge on any atom is -0.467 e. The Kier molecular flexibility index (Phi) is 5.68. The summed E-state index contributed by atoms with van der Waals surface area (Å²) in [4.78, 5) is 40.9. The van der Waals surface area contributed by atoms with Crippen molar-refractivity contribution >= 4 is 40.4 Å². The van der Waals surface area contributed by atoms with Crippen LogP contribution in [0.4, 0.5) is 4.79 Å². The quantitative estimate of drug-likeness (QED) is 0.375. The van der Waals surface area contributed by atoms with Crippen molar-refractivity contribution in [2.75, 3.05) is 6.54 Å². The van der Waals surface area contributed by atoms with Gasteiger partial charge in [-0.05, 0) is 65.7 Å². The minimum atomic E-state index is -1.30. The maximum atomic E-state index is 13.5. The van der Waals surface area contributed by atoms with Gasteiger partial charge >= 0.3 is 6.03 Å². The number of rotatable bonds is 6. The molecule has 1 fully saturated rings. The summed E-state index contributed by atoms with van der Waals surface area (Å²) >= 11 is 0. The molecule has 4 amide bonds. The Labute approximate surface area is 218 Å². The molecular formula is C29H24N4O5. The molecule has 6 rings (SSSR count). The first-order valence-electron chi connectivity index (χ1n) is 12.2. The Balaban J connectivity index is 1.24. The lowest BCUT2D eigenvalue weighted by Crippen LogP contribution is -2.43. The van der Waals surface area contributed by atoms with E-state index in [-0.39, 0.29) is 0 Å². The number of fused-ring (bicyclic) bond motifs is 1. The van der Waals surface area contributed by atoms with Gasteiger partial charge in [0.25, 0.3) is 11.8 Å². The van der Waals surface area contributed by atoms with Gasteiger partial charge in [-0.25, -0.2) is 9.80 Å². The third-order valence-corrected chi connectivity index (χ3v) is 6.94. The highest BCUT2D eigenvalue weighted by Crippen LogP contribution is 2.34. The maximum Gasteiger partial charge on any atom is 0.325 e. The topological polar surface area (TPSA) is 108 Å². The molecule has 4 aromatic rings. The number of carbonyl (C=O) groups excluding carboxylic acids is 3. The summed E-state index contributed by atoms with van der Waals surface area (Å²) in [5.41, 5.74) is -0.0237. The Morgan fingerprint density at radius 1 is 1.03 bits per heavy atom. The number of amides is 4. The molecule has 0 spiro atoms. The largest absolute Gasteiger partial charge is 0.467 e. The smallest absolute Gasteiger partial charge is 0.325 e. The molecule has 0 aliphatic carbocycles. The van der Waals surface area contributed by atoms with Crippen LogP contribution in [0.1, 0.15) is 36.5 Å². The number of carbonyl (C=O) groups is 3. The van der Waals surface area contributed by atoms with Crippen molar-refractivity contribution in [1.82, 2.24) is 15.2 Å². The second kappa shape index (κ2) is 9.19. The van der Waals surface area contributed by atoms with Crippen molar-refractivity contribution in [2.24, 2.45) is 5.10 Å². The van der Waals surface area contributed by atoms with Gasteiger partial charge < -0.3 is 14.2 Å². The van der Waals surface area contributed by atoms with E-state index in [1.165, 1.54) is 11.3 Å². The molecule has 0 saturated carbocycles. The van der Waals surface area contributed by atoms with Crippen LogP contribution in [-0.4, -0.2) is 40.0 Å². The predicted molar refractivity (Wildman–Crippen MR) is 140 cm³/mol. The van der Waals surface area contributed by atoms with E-state index in [0.29, 0.717) is 29.2 Å². The summed E-state index contributed by atoms with van der Waals surface area (Å²) in [6.07, 6.45) is 7.04. The molecule has 0 bridgehead atoms. The second-order valence-corrected chi connectivity index (χ2v) is 9.42. The van der Waals surface area contributed by atoms with Crippen LogP contribution in [0.2, 0.25) is 0 Å². The Morgan fingerprint density at radius 2 is 1.82 bits per heavy atom. The second-order valence-electron chi connectivity index (χ2n) is 9.42. The van der Waals surface area contributed by atoms with Gasteiger partial charge in [0.2, 0.25) is 0 Å². The van der Waals surface area contributed by atoms with Crippen molar-refractivity contribution < 1.29 is 23.2 Å². The van der Waals surface area contributed by atoms with E-state index >= 15 is 0 Å². The lowest BCUT2D eigenvalue weighted by Gasteiger charge is -2.24. The number of hydrazone groups is 1. The summed E-state index contributed by atoms with van der Waals surface area (Å²) in [7, 11) is 0. The number of nitrogens with one attached hydrogen (secondary N) is 1. The molecule has 2 aliphatic rings. The summed E-state index contributed by atoms with van der Waals surface area (Å²) in [6.45, 7) is 1.20. The Bertz CT molecular complexity index is 1590. The summed E-state index contributed by atoms with van der Waals surface area (Å²) in [5.74, 6) is 0.210. The van der Waals surface area contributed by atoms with E-state index in [1.54, 1.807) is 43.5 Å². The van der Waals surface area contributed by atoms with E-state index in [9.17, 15) is 14.4 Å². The first-order chi connectivity index (χ1) is 18.4. The molecular weight excluding hydrogens is 484 g/mol. The normalized spacial score (nSPS) is 21.5. The number of hydrogen-bond donors (Lipinski definition) is 1. The van der Waals surface area contributed by atoms with E-state index < -0.39 is 36.0 Å². The van der Waals surface area contributed by atoms with Crippen LogP contribution in [0.3, 0.4) is 0 Å². The number of hydrogen-bond acceptors (Lipinski definition) is 6. The molecule has 4 heterocycles. The average Bonchev–Trinajstić information content (AvgIpc) is 3.73. The predicted octanol–water partition coefficient (Wildman–Crippen LogP) is 4.84. The highest BCUT2D eigenvalue weighted by molar-refractivity contribution is 6.10. The lowest BCUT2D eigenvalue weighted by atomic mass is 9.90. The van der Waals surface area contributed by atoms with Gasteiger partial charge in [-0.1, -0.05) is 36.4 Å². The summed E-state index contributed by atoms with van der Waals surface area (Å²) in [6, 6.07) is 19.4. The van der Waals surface area contributed by atoms with E-state index in [2.05, 4.69) is 10.4 Å². The molecule has 0 radical (unpaired) electrons. The molecule has 2 aliphatic heterocycles. The number of furan rings is 2. The van der Waals surface area contributed by atoms with Gasteiger partial charge in [0, 0.05) is 6.42 Å². The molecule has 1 saturated heterocycles. The third-order valence-electron chi connectivity index (χ3n) is 6.94. The van der Waals surface area contributed by atoms with Gasteiger partial charge in [-0.15, -0.1) is 0 Å². The molecule has 1 N–H and O–H groups in total. The number of allylic oxidation sites excluding steroid dienone is 1. The number of urea groups is 1. The zero-order valence-electron chi connectivity index (χ0n) is 20.5. The summed E-state index contributed by atoms with van der Waals surface area (Å²) < 4.78 is 10.9. The standard InChI is InChI=1S/C29H24N4O5/c1-29(21-11-10-19-6-2-3-7-20(19)16-21)27(35)32(28(36)30-29)18-26(34)33-24(25-9-5-15-38-25)17-22(31-33)12-13-23-8-4-14-37-23/h2-16,24H,17-18H2,1H3,(H,30,36)/b13-12+. The molecule has 190 valence electrons. The fourth-order valence-corrected chi connectivity index (χ4v) is 4.88. The zero-order valence-corrected chi connectivity index (χ0v) is 20.5. The first-order valence-corrected chi connectivity index (χ1v) is 12.2. The third kappa shape index (κ3) is 4.07. The zero-order chi connectivity index (χ0) is 26.3. The van der Waals surface area contributed by atoms with Crippen LogP contribution in [0, 0.1) is 0 Å². The molecule has 2 aromatic carbocycles. The Morgan fingerprint density at radius 3 is 2.58 bits per heavy atom. The van der Waals surface area contributed by atoms with E-state index in [4.69, 9.17) is 8.83 Å². The summed E-state index contributed by atoms with van der Waals surface area (Å²) in [5, 5.41) is 10.5. The Hall–Kier alpha value is -4.92. The molecule has 9 nitrogen and oxygen atoms in total. The SMILES string of the molecule is CC1(c2ccc3ccccc3c2)NC(=O)N(CC(=O)N2N=C(/C=C/c3ccco3)CC2c2ccco2)C1=O. The lowest BCUT2D eigenvalue weighted by molar-refractivity contribution is -0.140. The van der Waals surface area contributed by atoms with E-state index in [0.717, 1.165) is 15.7 Å². The fourth-order valence-electron chi connectivity index (χ4n) is 4.88. The fraction of sp³-hybridized carbons (Fsp3) is 0.172. The molecule has 2 atom stereocenters.